The van der Waals surface area contributed by atoms with Crippen molar-refractivity contribution >= 4 is 11.3 Å². The van der Waals surface area contributed by atoms with Gasteiger partial charge in [0.1, 0.15) is 0 Å². The van der Waals surface area contributed by atoms with Crippen LogP contribution in [0.15, 0.2) is 24.3 Å². The highest BCUT2D eigenvalue weighted by molar-refractivity contribution is 7.11. The quantitative estimate of drug-likeness (QED) is 0.899. The van der Waals surface area contributed by atoms with Crippen LogP contribution in [0.5, 0.6) is 0 Å². The van der Waals surface area contributed by atoms with Gasteiger partial charge in [-0.2, -0.15) is 0 Å². The van der Waals surface area contributed by atoms with Crippen LogP contribution in [-0.2, 0) is 19.3 Å². The number of hydrogen-bond acceptors (Lipinski definition) is 3. The first-order chi connectivity index (χ1) is 8.72. The second kappa shape index (κ2) is 4.82. The number of nitrogens with zero attached hydrogens (tertiary/aromatic N) is 1. The maximum atomic E-state index is 6.01. The van der Waals surface area contributed by atoms with Gasteiger partial charge in [-0.3, -0.25) is 0 Å². The molecule has 0 saturated heterocycles. The van der Waals surface area contributed by atoms with Crippen LogP contribution in [-0.4, -0.2) is 11.0 Å². The second-order valence-electron chi connectivity index (χ2n) is 5.08. The van der Waals surface area contributed by atoms with E-state index in [1.807, 2.05) is 11.3 Å². The van der Waals surface area contributed by atoms with Gasteiger partial charge >= 0.3 is 0 Å². The molecule has 1 unspecified atom stereocenters. The molecule has 3 rings (SSSR count). The lowest BCUT2D eigenvalue weighted by atomic mass is 9.99. The summed E-state index contributed by atoms with van der Waals surface area (Å²) in [6, 6.07) is 8.89. The molecule has 1 heterocycles. The lowest BCUT2D eigenvalue weighted by Gasteiger charge is -2.15. The maximum Gasteiger partial charge on any atom is 0.0975 e. The second-order valence-corrected chi connectivity index (χ2v) is 6.25. The van der Waals surface area contributed by atoms with E-state index in [1.54, 1.807) is 0 Å². The first kappa shape index (κ1) is 11.9. The van der Waals surface area contributed by atoms with Crippen LogP contribution in [0.3, 0.4) is 0 Å². The number of aryl methyl sites for hydroxylation is 2. The van der Waals surface area contributed by atoms with Gasteiger partial charge < -0.3 is 5.73 Å². The molecule has 1 aliphatic carbocycles. The highest BCUT2D eigenvalue weighted by atomic mass is 32.1. The van der Waals surface area contributed by atoms with Crippen LogP contribution in [0.4, 0.5) is 0 Å². The molecule has 18 heavy (non-hydrogen) atoms. The Labute approximate surface area is 112 Å². The van der Waals surface area contributed by atoms with Gasteiger partial charge in [-0.25, -0.2) is 4.98 Å². The normalized spacial score (nSPS) is 18.7. The van der Waals surface area contributed by atoms with E-state index in [4.69, 9.17) is 10.7 Å². The molecule has 94 valence electrons. The zero-order chi connectivity index (χ0) is 12.5. The molecule has 3 heteroatoms. The predicted molar refractivity (Wildman–Crippen MR) is 76.1 cm³/mol. The van der Waals surface area contributed by atoms with Crippen molar-refractivity contribution < 1.29 is 0 Å². The molecule has 0 amide bonds. The molecule has 1 aromatic carbocycles. The Morgan fingerprint density at radius 3 is 3.06 bits per heavy atom. The van der Waals surface area contributed by atoms with Crippen molar-refractivity contribution in [2.45, 2.75) is 38.6 Å². The Morgan fingerprint density at radius 2 is 2.22 bits per heavy atom. The van der Waals surface area contributed by atoms with E-state index in [-0.39, 0.29) is 0 Å². The molecular formula is C15H18N2S. The van der Waals surface area contributed by atoms with Crippen molar-refractivity contribution in [2.24, 2.45) is 5.73 Å². The van der Waals surface area contributed by atoms with Crippen molar-refractivity contribution in [3.05, 3.63) is 51.0 Å². The maximum absolute atomic E-state index is 6.01. The third kappa shape index (κ3) is 2.33. The number of nitrogens with two attached hydrogens (primary N) is 1. The largest absolute Gasteiger partial charge is 0.327 e. The number of hydrogen-bond donors (Lipinski definition) is 1. The van der Waals surface area contributed by atoms with Crippen molar-refractivity contribution in [3.8, 4) is 0 Å². The molecule has 2 nitrogen and oxygen atoms in total. The van der Waals surface area contributed by atoms with E-state index in [1.165, 1.54) is 26.7 Å². The molecule has 2 aromatic rings. The summed E-state index contributed by atoms with van der Waals surface area (Å²) in [5.74, 6) is 0. The predicted octanol–water partition coefficient (Wildman–Crippen LogP) is 2.86. The summed E-state index contributed by atoms with van der Waals surface area (Å²) in [5, 5.41) is 1.24. The van der Waals surface area contributed by atoms with Gasteiger partial charge in [0.15, 0.2) is 0 Å². The SMILES string of the molecule is Cc1ccccc1Cc1nc2c(s1)CC(N)CC2. The summed E-state index contributed by atoms with van der Waals surface area (Å²) in [7, 11) is 0. The fraction of sp³-hybridized carbons (Fsp3) is 0.400. The molecule has 0 radical (unpaired) electrons. The molecule has 1 atom stereocenters. The van der Waals surface area contributed by atoms with Gasteiger partial charge in [0.25, 0.3) is 0 Å². The number of thiazole rings is 1. The van der Waals surface area contributed by atoms with E-state index in [2.05, 4.69) is 31.2 Å². The zero-order valence-electron chi connectivity index (χ0n) is 10.6. The third-order valence-electron chi connectivity index (χ3n) is 3.62. The van der Waals surface area contributed by atoms with E-state index < -0.39 is 0 Å². The summed E-state index contributed by atoms with van der Waals surface area (Å²) < 4.78 is 0. The van der Waals surface area contributed by atoms with E-state index in [0.29, 0.717) is 6.04 Å². The van der Waals surface area contributed by atoms with Crippen LogP contribution >= 0.6 is 11.3 Å². The molecule has 0 spiro atoms. The van der Waals surface area contributed by atoms with Crippen LogP contribution in [0, 0.1) is 6.92 Å². The summed E-state index contributed by atoms with van der Waals surface area (Å²) in [6.45, 7) is 2.17. The van der Waals surface area contributed by atoms with Gasteiger partial charge in [-0.05, 0) is 37.3 Å². The standard InChI is InChI=1S/C15H18N2S/c1-10-4-2-3-5-11(10)8-15-17-13-7-6-12(16)9-14(13)18-15/h2-5,12H,6-9,16H2,1H3. The smallest absolute Gasteiger partial charge is 0.0975 e. The lowest BCUT2D eigenvalue weighted by Crippen LogP contribution is -2.26. The van der Waals surface area contributed by atoms with Gasteiger partial charge in [-0.15, -0.1) is 11.3 Å². The van der Waals surface area contributed by atoms with Gasteiger partial charge in [0.2, 0.25) is 0 Å². The minimum atomic E-state index is 0.337. The van der Waals surface area contributed by atoms with Gasteiger partial charge in [-0.1, -0.05) is 24.3 Å². The van der Waals surface area contributed by atoms with Crippen molar-refractivity contribution in [1.29, 1.82) is 0 Å². The van der Waals surface area contributed by atoms with Crippen molar-refractivity contribution in [2.75, 3.05) is 0 Å². The van der Waals surface area contributed by atoms with Crippen LogP contribution < -0.4 is 5.73 Å². The molecule has 0 fully saturated rings. The van der Waals surface area contributed by atoms with Gasteiger partial charge in [0, 0.05) is 17.3 Å². The van der Waals surface area contributed by atoms with E-state index >= 15 is 0 Å². The first-order valence-electron chi connectivity index (χ1n) is 6.50. The molecule has 0 saturated carbocycles. The molecule has 1 aromatic heterocycles. The molecule has 2 N–H and O–H groups in total. The summed E-state index contributed by atoms with van der Waals surface area (Å²) in [4.78, 5) is 6.20. The number of rotatable bonds is 2. The van der Waals surface area contributed by atoms with Gasteiger partial charge in [0.05, 0.1) is 10.7 Å². The van der Waals surface area contributed by atoms with Crippen LogP contribution in [0.1, 0.15) is 33.1 Å². The number of aromatic nitrogens is 1. The van der Waals surface area contributed by atoms with E-state index in [9.17, 15) is 0 Å². The lowest BCUT2D eigenvalue weighted by molar-refractivity contribution is 0.575. The highest BCUT2D eigenvalue weighted by Crippen LogP contribution is 2.28. The van der Waals surface area contributed by atoms with Crippen molar-refractivity contribution in [3.63, 3.8) is 0 Å². The molecule has 0 bridgehead atoms. The van der Waals surface area contributed by atoms with Crippen molar-refractivity contribution in [1.82, 2.24) is 4.98 Å². The number of fused-ring (bicyclic) bond motifs is 1. The molecule has 0 aliphatic heterocycles. The Kier molecular flexibility index (Phi) is 3.18. The molecular weight excluding hydrogens is 240 g/mol. The minimum absolute atomic E-state index is 0.337. The Balaban J connectivity index is 1.84. The monoisotopic (exact) mass is 258 g/mol. The molecule has 1 aliphatic rings. The highest BCUT2D eigenvalue weighted by Gasteiger charge is 2.20. The van der Waals surface area contributed by atoms with Crippen LogP contribution in [0.25, 0.3) is 0 Å². The average Bonchev–Trinajstić information content (AvgIpc) is 2.73. The Bertz CT molecular complexity index is 559. The Hall–Kier alpha value is -1.19. The first-order valence-corrected chi connectivity index (χ1v) is 7.31. The summed E-state index contributed by atoms with van der Waals surface area (Å²) in [5.41, 5.74) is 10.0. The van der Waals surface area contributed by atoms with E-state index in [0.717, 1.165) is 25.7 Å². The zero-order valence-corrected chi connectivity index (χ0v) is 11.5. The van der Waals surface area contributed by atoms with Crippen LogP contribution in [0.2, 0.25) is 0 Å². The number of benzene rings is 1. The fourth-order valence-corrected chi connectivity index (χ4v) is 3.73. The third-order valence-corrected chi connectivity index (χ3v) is 4.74. The fourth-order valence-electron chi connectivity index (χ4n) is 2.50. The topological polar surface area (TPSA) is 38.9 Å². The minimum Gasteiger partial charge on any atom is -0.327 e. The summed E-state index contributed by atoms with van der Waals surface area (Å²) in [6.07, 6.45) is 4.11. The Morgan fingerprint density at radius 1 is 1.39 bits per heavy atom. The summed E-state index contributed by atoms with van der Waals surface area (Å²) >= 11 is 1.85. The average molecular weight is 258 g/mol.